The van der Waals surface area contributed by atoms with E-state index in [-0.39, 0.29) is 17.1 Å². The zero-order valence-electron chi connectivity index (χ0n) is 15.7. The summed E-state index contributed by atoms with van der Waals surface area (Å²) < 4.78 is 0.993. The molecule has 2 aromatic rings. The summed E-state index contributed by atoms with van der Waals surface area (Å²) >= 11 is 3.47. The molecule has 0 aliphatic carbocycles. The van der Waals surface area contributed by atoms with Crippen molar-refractivity contribution in [3.8, 4) is 0 Å². The highest BCUT2D eigenvalue weighted by molar-refractivity contribution is 9.10. The zero-order chi connectivity index (χ0) is 18.9. The summed E-state index contributed by atoms with van der Waals surface area (Å²) in [6, 6.07) is 8.17. The van der Waals surface area contributed by atoms with Crippen LogP contribution in [0.4, 0.5) is 23.0 Å². The average molecular weight is 419 g/mol. The number of anilines is 4. The molecule has 7 heteroatoms. The Morgan fingerprint density at radius 1 is 1.12 bits per heavy atom. The summed E-state index contributed by atoms with van der Waals surface area (Å²) in [5.41, 5.74) is 7.90. The number of hydrogen-bond donors (Lipinski definition) is 4. The van der Waals surface area contributed by atoms with Crippen molar-refractivity contribution in [3.05, 3.63) is 35.1 Å². The molecule has 26 heavy (non-hydrogen) atoms. The highest BCUT2D eigenvalue weighted by Crippen LogP contribution is 2.33. The molecule has 2 heterocycles. The van der Waals surface area contributed by atoms with Crippen molar-refractivity contribution in [2.24, 2.45) is 0 Å². The molecule has 0 spiro atoms. The van der Waals surface area contributed by atoms with Crippen LogP contribution < -0.4 is 21.7 Å². The molecule has 0 amide bonds. The van der Waals surface area contributed by atoms with Gasteiger partial charge >= 0.3 is 0 Å². The van der Waals surface area contributed by atoms with Crippen LogP contribution in [0.3, 0.4) is 0 Å². The maximum atomic E-state index is 6.34. The summed E-state index contributed by atoms with van der Waals surface area (Å²) in [5.74, 6) is 1.28. The number of halogens is 1. The summed E-state index contributed by atoms with van der Waals surface area (Å²) in [7, 11) is 0. The van der Waals surface area contributed by atoms with Gasteiger partial charge in [-0.05, 0) is 58.7 Å². The van der Waals surface area contributed by atoms with Crippen LogP contribution in [0, 0.1) is 0 Å². The van der Waals surface area contributed by atoms with E-state index in [1.165, 1.54) is 6.33 Å². The molecule has 0 bridgehead atoms. The number of aromatic nitrogens is 2. The molecule has 140 valence electrons. The van der Waals surface area contributed by atoms with E-state index in [1.54, 1.807) is 0 Å². The Balaban J connectivity index is 1.79. The molecule has 1 aromatic heterocycles. The lowest BCUT2D eigenvalue weighted by Crippen LogP contribution is -2.60. The van der Waals surface area contributed by atoms with E-state index >= 15 is 0 Å². The molecule has 5 N–H and O–H groups in total. The quantitative estimate of drug-likeness (QED) is 0.592. The van der Waals surface area contributed by atoms with Gasteiger partial charge in [0.1, 0.15) is 12.0 Å². The van der Waals surface area contributed by atoms with Gasteiger partial charge in [-0.2, -0.15) is 0 Å². The van der Waals surface area contributed by atoms with Gasteiger partial charge in [-0.25, -0.2) is 9.97 Å². The maximum absolute atomic E-state index is 6.34. The molecule has 1 saturated heterocycles. The monoisotopic (exact) mass is 418 g/mol. The first-order chi connectivity index (χ1) is 12.1. The average Bonchev–Trinajstić information content (AvgIpc) is 2.48. The molecular formula is C19H27BrN6. The zero-order valence-corrected chi connectivity index (χ0v) is 17.3. The van der Waals surface area contributed by atoms with Gasteiger partial charge in [0.05, 0.1) is 0 Å². The van der Waals surface area contributed by atoms with E-state index in [0.717, 1.165) is 23.0 Å². The molecule has 0 saturated carbocycles. The van der Waals surface area contributed by atoms with Gasteiger partial charge in [0.2, 0.25) is 0 Å². The van der Waals surface area contributed by atoms with Crippen LogP contribution in [0.15, 0.2) is 35.1 Å². The van der Waals surface area contributed by atoms with E-state index in [4.69, 9.17) is 5.73 Å². The van der Waals surface area contributed by atoms with E-state index < -0.39 is 0 Å². The van der Waals surface area contributed by atoms with Crippen LogP contribution in [-0.4, -0.2) is 27.1 Å². The summed E-state index contributed by atoms with van der Waals surface area (Å²) in [6.07, 6.45) is 3.53. The molecule has 1 aromatic carbocycles. The minimum atomic E-state index is 0.0542. The number of nitrogens with two attached hydrogens (primary N) is 1. The molecule has 1 aliphatic heterocycles. The van der Waals surface area contributed by atoms with Crippen LogP contribution in [-0.2, 0) is 0 Å². The SMILES string of the molecule is CC1(C)CC(Nc2ncnc(Nc3cccc(Br)c3)c2N)CC(C)(C)N1. The third-order valence-electron chi connectivity index (χ3n) is 4.50. The van der Waals surface area contributed by atoms with Crippen LogP contribution >= 0.6 is 15.9 Å². The van der Waals surface area contributed by atoms with Gasteiger partial charge < -0.3 is 21.7 Å². The Hall–Kier alpha value is -1.86. The summed E-state index contributed by atoms with van der Waals surface area (Å²) in [6.45, 7) is 8.91. The topological polar surface area (TPSA) is 87.9 Å². The van der Waals surface area contributed by atoms with E-state index in [1.807, 2.05) is 24.3 Å². The molecular weight excluding hydrogens is 392 g/mol. The van der Waals surface area contributed by atoms with Crippen LogP contribution in [0.5, 0.6) is 0 Å². The van der Waals surface area contributed by atoms with Crippen molar-refractivity contribution in [2.75, 3.05) is 16.4 Å². The number of rotatable bonds is 4. The van der Waals surface area contributed by atoms with Crippen LogP contribution in [0.2, 0.25) is 0 Å². The summed E-state index contributed by atoms with van der Waals surface area (Å²) in [4.78, 5) is 8.67. The summed E-state index contributed by atoms with van der Waals surface area (Å²) in [5, 5.41) is 10.5. The number of nitrogen functional groups attached to an aromatic ring is 1. The lowest BCUT2D eigenvalue weighted by atomic mass is 9.79. The van der Waals surface area contributed by atoms with Crippen molar-refractivity contribution in [2.45, 2.75) is 57.7 Å². The van der Waals surface area contributed by atoms with Crippen LogP contribution in [0.25, 0.3) is 0 Å². The third kappa shape index (κ3) is 4.65. The molecule has 3 rings (SSSR count). The molecule has 0 atom stereocenters. The second kappa shape index (κ2) is 7.04. The van der Waals surface area contributed by atoms with Gasteiger partial charge in [-0.3, -0.25) is 0 Å². The fraction of sp³-hybridized carbons (Fsp3) is 0.474. The van der Waals surface area contributed by atoms with Crippen LogP contribution in [0.1, 0.15) is 40.5 Å². The van der Waals surface area contributed by atoms with Crippen molar-refractivity contribution in [1.29, 1.82) is 0 Å². The number of nitrogens with zero attached hydrogens (tertiary/aromatic N) is 2. The Morgan fingerprint density at radius 3 is 2.42 bits per heavy atom. The van der Waals surface area contributed by atoms with Gasteiger partial charge in [-0.1, -0.05) is 22.0 Å². The van der Waals surface area contributed by atoms with Crippen molar-refractivity contribution in [1.82, 2.24) is 15.3 Å². The van der Waals surface area contributed by atoms with E-state index in [9.17, 15) is 0 Å². The lowest BCUT2D eigenvalue weighted by Gasteiger charge is -2.46. The fourth-order valence-corrected chi connectivity index (χ4v) is 4.33. The Bertz CT molecular complexity index is 773. The van der Waals surface area contributed by atoms with Gasteiger partial charge in [0.25, 0.3) is 0 Å². The Kier molecular flexibility index (Phi) is 5.12. The van der Waals surface area contributed by atoms with Crippen molar-refractivity contribution in [3.63, 3.8) is 0 Å². The second-order valence-corrected chi connectivity index (χ2v) is 9.18. The largest absolute Gasteiger partial charge is 0.393 e. The first-order valence-electron chi connectivity index (χ1n) is 8.82. The van der Waals surface area contributed by atoms with E-state index in [2.05, 4.69) is 69.5 Å². The van der Waals surface area contributed by atoms with E-state index in [0.29, 0.717) is 17.3 Å². The maximum Gasteiger partial charge on any atom is 0.159 e. The van der Waals surface area contributed by atoms with Gasteiger partial charge in [0.15, 0.2) is 11.6 Å². The van der Waals surface area contributed by atoms with Gasteiger partial charge in [-0.15, -0.1) is 0 Å². The first kappa shape index (κ1) is 18.9. The molecule has 6 nitrogen and oxygen atoms in total. The molecule has 0 unspecified atom stereocenters. The third-order valence-corrected chi connectivity index (χ3v) is 5.00. The minimum absolute atomic E-state index is 0.0542. The number of benzene rings is 1. The molecule has 1 fully saturated rings. The fourth-order valence-electron chi connectivity index (χ4n) is 3.93. The lowest BCUT2D eigenvalue weighted by molar-refractivity contribution is 0.170. The van der Waals surface area contributed by atoms with Crippen molar-refractivity contribution >= 4 is 38.9 Å². The highest BCUT2D eigenvalue weighted by atomic mass is 79.9. The highest BCUT2D eigenvalue weighted by Gasteiger charge is 2.37. The Morgan fingerprint density at radius 2 is 1.77 bits per heavy atom. The predicted octanol–water partition coefficient (Wildman–Crippen LogP) is 4.29. The van der Waals surface area contributed by atoms with Crippen molar-refractivity contribution < 1.29 is 0 Å². The van der Waals surface area contributed by atoms with Gasteiger partial charge in [0, 0.05) is 27.3 Å². The number of nitrogens with one attached hydrogen (secondary N) is 3. The molecule has 0 radical (unpaired) electrons. The standard InChI is InChI=1S/C19H27BrN6/c1-18(2)9-14(10-19(3,4)26-18)25-17-15(21)16(22-11-23-17)24-13-7-5-6-12(20)8-13/h5-8,11,14,26H,9-10,21H2,1-4H3,(H2,22,23,24,25). The first-order valence-corrected chi connectivity index (χ1v) is 9.62. The Labute approximate surface area is 163 Å². The minimum Gasteiger partial charge on any atom is -0.393 e. The number of hydrogen-bond acceptors (Lipinski definition) is 6. The normalized spacial score (nSPS) is 19.1. The molecule has 1 aliphatic rings. The second-order valence-electron chi connectivity index (χ2n) is 8.26. The smallest absolute Gasteiger partial charge is 0.159 e. The number of piperidine rings is 1. The predicted molar refractivity (Wildman–Crippen MR) is 112 cm³/mol.